The van der Waals surface area contributed by atoms with Crippen LogP contribution in [-0.4, -0.2) is 35.9 Å². The van der Waals surface area contributed by atoms with E-state index in [0.717, 1.165) is 24.2 Å². The zero-order valence-corrected chi connectivity index (χ0v) is 18.0. The van der Waals surface area contributed by atoms with Crippen LogP contribution < -0.4 is 10.1 Å². The van der Waals surface area contributed by atoms with Crippen molar-refractivity contribution in [3.8, 4) is 5.75 Å². The maximum Gasteiger partial charge on any atom is 0.253 e. The number of carbonyl (C=O) groups excluding carboxylic acids is 2. The fourth-order valence-corrected chi connectivity index (χ4v) is 3.84. The molecule has 2 amide bonds. The molecule has 5 heteroatoms. The minimum Gasteiger partial charge on any atom is -0.490 e. The van der Waals surface area contributed by atoms with Gasteiger partial charge in [0.1, 0.15) is 5.75 Å². The first-order valence-corrected chi connectivity index (χ1v) is 11.0. The van der Waals surface area contributed by atoms with Crippen LogP contribution in [0.3, 0.4) is 0 Å². The molecule has 0 spiro atoms. The van der Waals surface area contributed by atoms with Crippen molar-refractivity contribution in [2.45, 2.75) is 58.5 Å². The molecule has 0 aromatic heterocycles. The maximum absolute atomic E-state index is 12.4. The van der Waals surface area contributed by atoms with Gasteiger partial charge in [0.25, 0.3) is 5.91 Å². The summed E-state index contributed by atoms with van der Waals surface area (Å²) < 4.78 is 6.05. The van der Waals surface area contributed by atoms with Crippen molar-refractivity contribution in [3.63, 3.8) is 0 Å². The Hall–Kier alpha value is -2.82. The third-order valence-electron chi connectivity index (χ3n) is 5.61. The number of anilines is 1. The van der Waals surface area contributed by atoms with Gasteiger partial charge >= 0.3 is 0 Å². The zero-order chi connectivity index (χ0) is 21.3. The first kappa shape index (κ1) is 21.9. The summed E-state index contributed by atoms with van der Waals surface area (Å²) in [4.78, 5) is 26.5. The minimum atomic E-state index is -0.0417. The van der Waals surface area contributed by atoms with Crippen LogP contribution in [0.4, 0.5) is 5.69 Å². The Morgan fingerprint density at radius 1 is 1.03 bits per heavy atom. The summed E-state index contributed by atoms with van der Waals surface area (Å²) >= 11 is 0. The molecule has 1 saturated carbocycles. The Bertz CT molecular complexity index is 838. The van der Waals surface area contributed by atoms with Crippen molar-refractivity contribution in [1.82, 2.24) is 4.90 Å². The van der Waals surface area contributed by atoms with E-state index in [0.29, 0.717) is 43.3 Å². The van der Waals surface area contributed by atoms with Gasteiger partial charge in [-0.1, -0.05) is 12.1 Å². The van der Waals surface area contributed by atoms with Gasteiger partial charge in [0, 0.05) is 30.8 Å². The third-order valence-corrected chi connectivity index (χ3v) is 5.61. The Kier molecular flexibility index (Phi) is 7.89. The Morgan fingerprint density at radius 2 is 1.73 bits per heavy atom. The van der Waals surface area contributed by atoms with Crippen LogP contribution >= 0.6 is 0 Å². The van der Waals surface area contributed by atoms with Crippen molar-refractivity contribution in [3.05, 3.63) is 59.7 Å². The van der Waals surface area contributed by atoms with E-state index in [1.807, 2.05) is 38.1 Å². The number of nitrogens with one attached hydrogen (secondary N) is 1. The van der Waals surface area contributed by atoms with Crippen molar-refractivity contribution in [1.29, 1.82) is 0 Å². The Balaban J connectivity index is 1.49. The SMILES string of the molecule is CCN(CC)C(=O)c1ccc(NC(=O)CCc2cccc(OC3CCCC3)c2)cc1. The maximum atomic E-state index is 12.4. The molecule has 160 valence electrons. The fourth-order valence-electron chi connectivity index (χ4n) is 3.84. The quantitative estimate of drug-likeness (QED) is 0.631. The molecule has 1 fully saturated rings. The highest BCUT2D eigenvalue weighted by Gasteiger charge is 2.16. The molecule has 2 aromatic carbocycles. The molecular formula is C25H32N2O3. The number of aryl methyl sites for hydroxylation is 1. The van der Waals surface area contributed by atoms with Crippen molar-refractivity contribution in [2.75, 3.05) is 18.4 Å². The van der Waals surface area contributed by atoms with Gasteiger partial charge in [-0.2, -0.15) is 0 Å². The van der Waals surface area contributed by atoms with Crippen LogP contribution in [0.5, 0.6) is 5.75 Å². The lowest BCUT2D eigenvalue weighted by Gasteiger charge is -2.18. The molecule has 30 heavy (non-hydrogen) atoms. The lowest BCUT2D eigenvalue weighted by molar-refractivity contribution is -0.116. The minimum absolute atomic E-state index is 0.0116. The number of carbonyl (C=O) groups is 2. The van der Waals surface area contributed by atoms with Gasteiger partial charge in [-0.15, -0.1) is 0 Å². The molecule has 1 N–H and O–H groups in total. The number of hydrogen-bond acceptors (Lipinski definition) is 3. The smallest absolute Gasteiger partial charge is 0.253 e. The second-order valence-electron chi connectivity index (χ2n) is 7.77. The van der Waals surface area contributed by atoms with Crippen LogP contribution in [-0.2, 0) is 11.2 Å². The molecular weight excluding hydrogens is 376 g/mol. The van der Waals surface area contributed by atoms with Crippen molar-refractivity contribution >= 4 is 17.5 Å². The van der Waals surface area contributed by atoms with E-state index < -0.39 is 0 Å². The van der Waals surface area contributed by atoms with E-state index in [2.05, 4.69) is 5.32 Å². The van der Waals surface area contributed by atoms with Crippen LogP contribution in [0.25, 0.3) is 0 Å². The van der Waals surface area contributed by atoms with E-state index >= 15 is 0 Å². The van der Waals surface area contributed by atoms with Gasteiger partial charge in [-0.25, -0.2) is 0 Å². The van der Waals surface area contributed by atoms with E-state index in [9.17, 15) is 9.59 Å². The van der Waals surface area contributed by atoms with Crippen LogP contribution in [0.2, 0.25) is 0 Å². The molecule has 0 saturated heterocycles. The van der Waals surface area contributed by atoms with Gasteiger partial charge in [-0.05, 0) is 87.9 Å². The van der Waals surface area contributed by atoms with Gasteiger partial charge in [-0.3, -0.25) is 9.59 Å². The highest BCUT2D eigenvalue weighted by molar-refractivity contribution is 5.95. The highest BCUT2D eigenvalue weighted by Crippen LogP contribution is 2.25. The number of ether oxygens (including phenoxy) is 1. The van der Waals surface area contributed by atoms with Crippen LogP contribution in [0.1, 0.15) is 61.9 Å². The number of nitrogens with zero attached hydrogens (tertiary/aromatic N) is 1. The average Bonchev–Trinajstić information content (AvgIpc) is 3.27. The lowest BCUT2D eigenvalue weighted by atomic mass is 10.1. The summed E-state index contributed by atoms with van der Waals surface area (Å²) in [6.07, 6.45) is 6.14. The first-order valence-electron chi connectivity index (χ1n) is 11.0. The number of rotatable bonds is 9. The number of amides is 2. The molecule has 5 nitrogen and oxygen atoms in total. The molecule has 0 bridgehead atoms. The molecule has 0 aliphatic heterocycles. The summed E-state index contributed by atoms with van der Waals surface area (Å²) in [5.74, 6) is 0.866. The standard InChI is InChI=1S/C25H32N2O3/c1-3-27(4-2)25(29)20-13-15-21(16-14-20)26-24(28)17-12-19-8-7-11-23(18-19)30-22-9-5-6-10-22/h7-8,11,13-16,18,22H,3-6,9-10,12,17H2,1-2H3,(H,26,28). The second kappa shape index (κ2) is 10.8. The van der Waals surface area contributed by atoms with E-state index in [1.54, 1.807) is 29.2 Å². The van der Waals surface area contributed by atoms with E-state index in [1.165, 1.54) is 12.8 Å². The van der Waals surface area contributed by atoms with Gasteiger partial charge in [0.05, 0.1) is 6.10 Å². The van der Waals surface area contributed by atoms with Gasteiger partial charge < -0.3 is 15.0 Å². The highest BCUT2D eigenvalue weighted by atomic mass is 16.5. The van der Waals surface area contributed by atoms with E-state index in [-0.39, 0.29) is 11.8 Å². The summed E-state index contributed by atoms with van der Waals surface area (Å²) in [5.41, 5.74) is 2.44. The predicted molar refractivity (Wildman–Crippen MR) is 120 cm³/mol. The summed E-state index contributed by atoms with van der Waals surface area (Å²) in [6.45, 7) is 5.29. The largest absolute Gasteiger partial charge is 0.490 e. The molecule has 0 atom stereocenters. The summed E-state index contributed by atoms with van der Waals surface area (Å²) in [7, 11) is 0. The Labute approximate surface area is 179 Å². The fraction of sp³-hybridized carbons (Fsp3) is 0.440. The summed E-state index contributed by atoms with van der Waals surface area (Å²) in [5, 5.41) is 2.91. The molecule has 2 aromatic rings. The molecule has 1 aliphatic carbocycles. The number of benzene rings is 2. The molecule has 1 aliphatic rings. The van der Waals surface area contributed by atoms with E-state index in [4.69, 9.17) is 4.74 Å². The predicted octanol–water partition coefficient (Wildman–Crippen LogP) is 5.06. The number of hydrogen-bond donors (Lipinski definition) is 1. The molecule has 0 radical (unpaired) electrons. The van der Waals surface area contributed by atoms with Gasteiger partial charge in [0.2, 0.25) is 5.91 Å². The van der Waals surface area contributed by atoms with Crippen molar-refractivity contribution < 1.29 is 14.3 Å². The Morgan fingerprint density at radius 3 is 2.40 bits per heavy atom. The molecule has 0 unspecified atom stereocenters. The van der Waals surface area contributed by atoms with Gasteiger partial charge in [0.15, 0.2) is 0 Å². The molecule has 0 heterocycles. The normalized spacial score (nSPS) is 13.8. The zero-order valence-electron chi connectivity index (χ0n) is 18.0. The first-order chi connectivity index (χ1) is 14.6. The lowest BCUT2D eigenvalue weighted by Crippen LogP contribution is -2.30. The second-order valence-corrected chi connectivity index (χ2v) is 7.77. The van der Waals surface area contributed by atoms with Crippen LogP contribution in [0, 0.1) is 0 Å². The monoisotopic (exact) mass is 408 g/mol. The van der Waals surface area contributed by atoms with Crippen LogP contribution in [0.15, 0.2) is 48.5 Å². The average molecular weight is 409 g/mol. The summed E-state index contributed by atoms with van der Waals surface area (Å²) in [6, 6.07) is 15.1. The van der Waals surface area contributed by atoms with Crippen molar-refractivity contribution in [2.24, 2.45) is 0 Å². The molecule has 3 rings (SSSR count). The topological polar surface area (TPSA) is 58.6 Å². The third kappa shape index (κ3) is 6.09.